The summed E-state index contributed by atoms with van der Waals surface area (Å²) in [6, 6.07) is 6.36. The van der Waals surface area contributed by atoms with Crippen molar-refractivity contribution >= 4 is 11.8 Å². The topological polar surface area (TPSA) is 46.0 Å². The smallest absolute Gasteiger partial charge is 0.137 e. The van der Waals surface area contributed by atoms with E-state index in [1.807, 2.05) is 0 Å². The lowest BCUT2D eigenvalue weighted by molar-refractivity contribution is 0.281. The van der Waals surface area contributed by atoms with Crippen molar-refractivity contribution in [1.29, 1.82) is 0 Å². The third-order valence-electron chi connectivity index (χ3n) is 1.95. The molecule has 0 fully saturated rings. The maximum absolute atomic E-state index is 13.5. The number of aliphatic hydroxyl groups excluding tert-OH is 1. The summed E-state index contributed by atoms with van der Waals surface area (Å²) in [5.74, 6) is -0.352. The number of hydrogen-bond donors (Lipinski definition) is 1. The Bertz CT molecular complexity index is 479. The number of nitrogens with zero attached hydrogens (tertiary/aromatic N) is 2. The van der Waals surface area contributed by atoms with Gasteiger partial charge in [-0.2, -0.15) is 0 Å². The van der Waals surface area contributed by atoms with Crippen molar-refractivity contribution in [2.45, 2.75) is 16.5 Å². The van der Waals surface area contributed by atoms with Gasteiger partial charge in [0.25, 0.3) is 0 Å². The third kappa shape index (κ3) is 2.56. The maximum atomic E-state index is 13.5. The number of aliphatic hydroxyl groups is 1. The summed E-state index contributed by atoms with van der Waals surface area (Å²) in [6.45, 7) is -0.157. The van der Waals surface area contributed by atoms with Crippen LogP contribution in [0.5, 0.6) is 0 Å². The molecule has 16 heavy (non-hydrogen) atoms. The van der Waals surface area contributed by atoms with E-state index in [-0.39, 0.29) is 12.4 Å². The molecule has 1 heterocycles. The van der Waals surface area contributed by atoms with E-state index in [1.165, 1.54) is 24.2 Å². The Balaban J connectivity index is 2.22. The lowest BCUT2D eigenvalue weighted by Gasteiger charge is -2.03. The number of halogens is 1. The van der Waals surface area contributed by atoms with Crippen molar-refractivity contribution in [1.82, 2.24) is 9.97 Å². The Labute approximate surface area is 96.4 Å². The first-order valence-corrected chi connectivity index (χ1v) is 5.44. The second-order valence-corrected chi connectivity index (χ2v) is 4.13. The first-order chi connectivity index (χ1) is 7.79. The van der Waals surface area contributed by atoms with Crippen LogP contribution in [0.4, 0.5) is 4.39 Å². The van der Waals surface area contributed by atoms with Crippen LogP contribution in [0.1, 0.15) is 5.56 Å². The largest absolute Gasteiger partial charge is 0.392 e. The molecular formula is C11H9FN2OS. The van der Waals surface area contributed by atoms with E-state index >= 15 is 0 Å². The van der Waals surface area contributed by atoms with Crippen LogP contribution in [0.25, 0.3) is 0 Å². The Hall–Kier alpha value is -1.46. The van der Waals surface area contributed by atoms with Gasteiger partial charge in [-0.15, -0.1) is 0 Å². The highest BCUT2D eigenvalue weighted by Gasteiger charge is 2.05. The lowest BCUT2D eigenvalue weighted by atomic mass is 10.2. The van der Waals surface area contributed by atoms with Gasteiger partial charge in [-0.3, -0.25) is 0 Å². The van der Waals surface area contributed by atoms with Crippen molar-refractivity contribution in [2.75, 3.05) is 0 Å². The summed E-state index contributed by atoms with van der Waals surface area (Å²) in [6.07, 6.45) is 3.03. The Kier molecular flexibility index (Phi) is 3.48. The van der Waals surface area contributed by atoms with Gasteiger partial charge in [0.15, 0.2) is 0 Å². The Morgan fingerprint density at radius 3 is 2.81 bits per heavy atom. The maximum Gasteiger partial charge on any atom is 0.137 e. The molecule has 0 spiro atoms. The van der Waals surface area contributed by atoms with Crippen LogP contribution in [0.3, 0.4) is 0 Å². The van der Waals surface area contributed by atoms with Gasteiger partial charge in [-0.25, -0.2) is 14.4 Å². The fraction of sp³-hybridized carbons (Fsp3) is 0.0909. The van der Waals surface area contributed by atoms with E-state index in [0.717, 1.165) is 0 Å². The summed E-state index contributed by atoms with van der Waals surface area (Å²) >= 11 is 1.23. The van der Waals surface area contributed by atoms with Gasteiger partial charge in [-0.05, 0) is 23.8 Å². The van der Waals surface area contributed by atoms with E-state index in [0.29, 0.717) is 15.5 Å². The second kappa shape index (κ2) is 5.05. The second-order valence-electron chi connectivity index (χ2n) is 3.07. The molecule has 1 N–H and O–H groups in total. The van der Waals surface area contributed by atoms with Crippen molar-refractivity contribution in [2.24, 2.45) is 0 Å². The van der Waals surface area contributed by atoms with Crippen molar-refractivity contribution in [3.05, 3.63) is 48.2 Å². The van der Waals surface area contributed by atoms with Gasteiger partial charge in [0.2, 0.25) is 0 Å². The molecule has 2 rings (SSSR count). The summed E-state index contributed by atoms with van der Waals surface area (Å²) in [4.78, 5) is 8.26. The zero-order valence-electron chi connectivity index (χ0n) is 8.30. The quantitative estimate of drug-likeness (QED) is 0.830. The standard InChI is InChI=1S/C11H9FN2OS/c12-9-5-8(6-15)1-2-10(9)16-11-3-4-13-7-14-11/h1-5,7,15H,6H2. The highest BCUT2D eigenvalue weighted by molar-refractivity contribution is 7.99. The molecule has 5 heteroatoms. The number of aromatic nitrogens is 2. The Morgan fingerprint density at radius 2 is 2.19 bits per heavy atom. The van der Waals surface area contributed by atoms with Crippen LogP contribution in [-0.2, 0) is 6.61 Å². The Morgan fingerprint density at radius 1 is 1.31 bits per heavy atom. The predicted octanol–water partition coefficient (Wildman–Crippen LogP) is 2.26. The zero-order valence-corrected chi connectivity index (χ0v) is 9.12. The number of benzene rings is 1. The minimum absolute atomic E-state index is 0.157. The summed E-state index contributed by atoms with van der Waals surface area (Å²) in [7, 11) is 0. The summed E-state index contributed by atoms with van der Waals surface area (Å²) in [5, 5.41) is 9.53. The van der Waals surface area contributed by atoms with Crippen LogP contribution < -0.4 is 0 Å². The number of rotatable bonds is 3. The first kappa shape index (κ1) is 11.0. The lowest BCUT2D eigenvalue weighted by Crippen LogP contribution is -1.88. The van der Waals surface area contributed by atoms with E-state index in [2.05, 4.69) is 9.97 Å². The van der Waals surface area contributed by atoms with Crippen molar-refractivity contribution < 1.29 is 9.50 Å². The molecule has 2 aromatic rings. The van der Waals surface area contributed by atoms with Crippen LogP contribution in [0.15, 0.2) is 46.7 Å². The molecule has 82 valence electrons. The molecular weight excluding hydrogens is 227 g/mol. The molecule has 0 saturated carbocycles. The van der Waals surface area contributed by atoms with Gasteiger partial charge in [0.1, 0.15) is 17.2 Å². The minimum atomic E-state index is -0.352. The van der Waals surface area contributed by atoms with Crippen molar-refractivity contribution in [3.8, 4) is 0 Å². The monoisotopic (exact) mass is 236 g/mol. The molecule has 0 unspecified atom stereocenters. The van der Waals surface area contributed by atoms with Crippen LogP contribution in [0, 0.1) is 5.82 Å². The highest BCUT2D eigenvalue weighted by Crippen LogP contribution is 2.28. The SMILES string of the molecule is OCc1ccc(Sc2ccncn2)c(F)c1. The van der Waals surface area contributed by atoms with Gasteiger partial charge < -0.3 is 5.11 Å². The minimum Gasteiger partial charge on any atom is -0.392 e. The average Bonchev–Trinajstić information content (AvgIpc) is 2.33. The van der Waals surface area contributed by atoms with Crippen molar-refractivity contribution in [3.63, 3.8) is 0 Å². The highest BCUT2D eigenvalue weighted by atomic mass is 32.2. The van der Waals surface area contributed by atoms with Crippen LogP contribution >= 0.6 is 11.8 Å². The fourth-order valence-electron chi connectivity index (χ4n) is 1.18. The van der Waals surface area contributed by atoms with Gasteiger partial charge in [-0.1, -0.05) is 17.8 Å². The first-order valence-electron chi connectivity index (χ1n) is 4.63. The summed E-state index contributed by atoms with van der Waals surface area (Å²) < 4.78 is 13.5. The third-order valence-corrected chi connectivity index (χ3v) is 2.95. The molecule has 1 aromatic carbocycles. The van der Waals surface area contributed by atoms with E-state index in [4.69, 9.17) is 5.11 Å². The molecule has 0 aliphatic carbocycles. The molecule has 0 saturated heterocycles. The molecule has 0 aliphatic heterocycles. The molecule has 0 radical (unpaired) electrons. The normalized spacial score (nSPS) is 10.4. The molecule has 1 aromatic heterocycles. The van der Waals surface area contributed by atoms with Crippen LogP contribution in [0.2, 0.25) is 0 Å². The molecule has 0 bridgehead atoms. The fourth-order valence-corrected chi connectivity index (χ4v) is 1.92. The van der Waals surface area contributed by atoms with Gasteiger partial charge in [0.05, 0.1) is 6.61 Å². The van der Waals surface area contributed by atoms with E-state index in [9.17, 15) is 4.39 Å². The zero-order chi connectivity index (χ0) is 11.4. The van der Waals surface area contributed by atoms with Gasteiger partial charge >= 0.3 is 0 Å². The van der Waals surface area contributed by atoms with E-state index in [1.54, 1.807) is 24.4 Å². The average molecular weight is 236 g/mol. The van der Waals surface area contributed by atoms with E-state index < -0.39 is 0 Å². The van der Waals surface area contributed by atoms with Crippen LogP contribution in [-0.4, -0.2) is 15.1 Å². The number of hydrogen-bond acceptors (Lipinski definition) is 4. The summed E-state index contributed by atoms with van der Waals surface area (Å²) in [5.41, 5.74) is 0.560. The predicted molar refractivity (Wildman–Crippen MR) is 58.5 cm³/mol. The molecule has 0 amide bonds. The van der Waals surface area contributed by atoms with Gasteiger partial charge in [0, 0.05) is 11.1 Å². The molecule has 0 atom stereocenters. The molecule has 3 nitrogen and oxygen atoms in total. The molecule has 0 aliphatic rings.